The first-order chi connectivity index (χ1) is 20.9. The van der Waals surface area contributed by atoms with E-state index in [-0.39, 0.29) is 46.0 Å². The molecule has 0 unspecified atom stereocenters. The molecule has 226 valence electrons. The summed E-state index contributed by atoms with van der Waals surface area (Å²) < 4.78 is 59.4. The van der Waals surface area contributed by atoms with E-state index in [1.54, 1.807) is 24.3 Å². The maximum Gasteiger partial charge on any atom is 0.405 e. The number of halogens is 4. The Morgan fingerprint density at radius 3 is 2.25 bits per heavy atom. The number of Topliss-reactive ketones (excluding diaryl/α,β-unsaturated/α-hetero) is 1. The number of aromatic nitrogens is 1. The molecule has 44 heavy (non-hydrogen) atoms. The number of rotatable bonds is 9. The lowest BCUT2D eigenvalue weighted by atomic mass is 9.79. The van der Waals surface area contributed by atoms with Gasteiger partial charge in [-0.1, -0.05) is 62.4 Å². The van der Waals surface area contributed by atoms with Gasteiger partial charge in [0.1, 0.15) is 23.9 Å². The third kappa shape index (κ3) is 6.49. The Bertz CT molecular complexity index is 1830. The summed E-state index contributed by atoms with van der Waals surface area (Å²) in [5.74, 6) is -1.23. The van der Waals surface area contributed by atoms with Crippen LogP contribution < -0.4 is 10.6 Å². The molecule has 2 aromatic heterocycles. The summed E-state index contributed by atoms with van der Waals surface area (Å²) in [6, 6.07) is 23.0. The van der Waals surface area contributed by atoms with Crippen molar-refractivity contribution in [3.8, 4) is 22.5 Å². The van der Waals surface area contributed by atoms with Gasteiger partial charge < -0.3 is 15.1 Å². The van der Waals surface area contributed by atoms with Gasteiger partial charge in [0, 0.05) is 30.2 Å². The maximum atomic E-state index is 13.6. The van der Waals surface area contributed by atoms with Gasteiger partial charge in [0.15, 0.2) is 5.78 Å². The Kier molecular flexibility index (Phi) is 8.27. The van der Waals surface area contributed by atoms with E-state index in [9.17, 15) is 27.2 Å². The second kappa shape index (κ2) is 11.9. The monoisotopic (exact) mass is 603 g/mol. The van der Waals surface area contributed by atoms with Crippen LogP contribution in [0.25, 0.3) is 33.6 Å². The number of fused-ring (bicyclic) bond motifs is 1. The van der Waals surface area contributed by atoms with Crippen molar-refractivity contribution in [3.05, 3.63) is 107 Å². The van der Waals surface area contributed by atoms with E-state index in [0.29, 0.717) is 16.7 Å². The maximum absolute atomic E-state index is 13.6. The molecule has 0 radical (unpaired) electrons. The summed E-state index contributed by atoms with van der Waals surface area (Å²) >= 11 is 0. The van der Waals surface area contributed by atoms with E-state index in [4.69, 9.17) is 4.42 Å². The Balaban J connectivity index is 1.63. The molecule has 0 fully saturated rings. The molecule has 0 bridgehead atoms. The van der Waals surface area contributed by atoms with Crippen molar-refractivity contribution in [2.75, 3.05) is 18.9 Å². The first kappa shape index (κ1) is 30.5. The molecular formula is C34H29F4N3O3. The quantitative estimate of drug-likeness (QED) is 0.131. The van der Waals surface area contributed by atoms with E-state index in [1.165, 1.54) is 37.4 Å². The first-order valence-electron chi connectivity index (χ1n) is 13.8. The second-order valence-electron chi connectivity index (χ2n) is 11.0. The number of ketones is 1. The number of hydrogen-bond acceptors (Lipinski definition) is 5. The van der Waals surface area contributed by atoms with Gasteiger partial charge in [-0.25, -0.2) is 4.39 Å². The van der Waals surface area contributed by atoms with Crippen LogP contribution in [0.2, 0.25) is 0 Å². The summed E-state index contributed by atoms with van der Waals surface area (Å²) in [6.45, 7) is 2.56. The fourth-order valence-electron chi connectivity index (χ4n) is 5.07. The smallest absolute Gasteiger partial charge is 0.405 e. The molecule has 2 N–H and O–H groups in total. The van der Waals surface area contributed by atoms with Crippen LogP contribution in [0.1, 0.15) is 46.5 Å². The van der Waals surface area contributed by atoms with Crippen molar-refractivity contribution in [1.29, 1.82) is 0 Å². The van der Waals surface area contributed by atoms with Gasteiger partial charge in [0.25, 0.3) is 5.91 Å². The number of carbonyl (C=O) groups excluding carboxylic acids is 2. The van der Waals surface area contributed by atoms with Gasteiger partial charge in [-0.15, -0.1) is 0 Å². The SMILES string of the molecule is CNC(=O)c1c(-c2ccc(F)cc2)oc2nc(NCC(F)(F)F)c(-c3cccc(C(=O)CC(C)(C)c4ccccc4)c3)cc12. The van der Waals surface area contributed by atoms with Gasteiger partial charge in [-0.2, -0.15) is 18.2 Å². The molecule has 0 aliphatic heterocycles. The number of hydrogen-bond donors (Lipinski definition) is 2. The van der Waals surface area contributed by atoms with Crippen LogP contribution in [0.5, 0.6) is 0 Å². The summed E-state index contributed by atoms with van der Waals surface area (Å²) in [4.78, 5) is 30.9. The third-order valence-corrected chi connectivity index (χ3v) is 7.35. The van der Waals surface area contributed by atoms with Crippen LogP contribution in [0.3, 0.4) is 0 Å². The average Bonchev–Trinajstić information content (AvgIpc) is 3.38. The lowest BCUT2D eigenvalue weighted by Gasteiger charge is -2.24. The highest BCUT2D eigenvalue weighted by atomic mass is 19.4. The zero-order chi connectivity index (χ0) is 31.6. The molecule has 0 aliphatic carbocycles. The number of alkyl halides is 3. The Morgan fingerprint density at radius 2 is 1.59 bits per heavy atom. The minimum atomic E-state index is -4.55. The van der Waals surface area contributed by atoms with Crippen LogP contribution in [-0.4, -0.2) is 36.4 Å². The number of nitrogens with one attached hydrogen (secondary N) is 2. The summed E-state index contributed by atoms with van der Waals surface area (Å²) in [7, 11) is 1.43. The number of amides is 1. The van der Waals surface area contributed by atoms with Crippen molar-refractivity contribution in [3.63, 3.8) is 0 Å². The predicted molar refractivity (Wildman–Crippen MR) is 161 cm³/mol. The lowest BCUT2D eigenvalue weighted by molar-refractivity contribution is -0.115. The molecular weight excluding hydrogens is 574 g/mol. The summed E-state index contributed by atoms with van der Waals surface area (Å²) in [6.07, 6.45) is -4.36. The van der Waals surface area contributed by atoms with Crippen molar-refractivity contribution in [1.82, 2.24) is 10.3 Å². The minimum absolute atomic E-state index is 0.0813. The average molecular weight is 604 g/mol. The van der Waals surface area contributed by atoms with Crippen LogP contribution >= 0.6 is 0 Å². The largest absolute Gasteiger partial charge is 0.437 e. The normalized spacial score (nSPS) is 11.9. The van der Waals surface area contributed by atoms with E-state index in [1.807, 2.05) is 44.2 Å². The molecule has 6 nitrogen and oxygen atoms in total. The molecule has 0 atom stereocenters. The topological polar surface area (TPSA) is 84.2 Å². The Hall–Kier alpha value is -4.99. The van der Waals surface area contributed by atoms with Crippen molar-refractivity contribution in [2.24, 2.45) is 0 Å². The zero-order valence-corrected chi connectivity index (χ0v) is 24.2. The molecule has 0 spiro atoms. The highest BCUT2D eigenvalue weighted by Gasteiger charge is 2.30. The number of furan rings is 1. The van der Waals surface area contributed by atoms with Crippen LogP contribution in [0, 0.1) is 5.82 Å². The Morgan fingerprint density at radius 1 is 0.886 bits per heavy atom. The highest BCUT2D eigenvalue weighted by Crippen LogP contribution is 2.39. The number of anilines is 1. The standard InChI is InChI=1S/C34H29F4N3O3/c1-33(2,23-10-5-4-6-11-23)18-27(42)22-9-7-8-21(16-22)25-17-26-28(31(43)39-3)29(20-12-14-24(35)15-13-20)44-32(26)41-30(25)40-19-34(36,37)38/h4-17H,18-19H2,1-3H3,(H,39,43)(H,40,41). The fraction of sp³-hybridized carbons (Fsp3) is 0.206. The number of benzene rings is 3. The second-order valence-corrected chi connectivity index (χ2v) is 11.0. The van der Waals surface area contributed by atoms with Crippen LogP contribution in [0.15, 0.2) is 89.3 Å². The summed E-state index contributed by atoms with van der Waals surface area (Å²) in [5, 5.41) is 5.12. The molecule has 3 aromatic carbocycles. The lowest BCUT2D eigenvalue weighted by Crippen LogP contribution is -2.22. The molecule has 1 amide bonds. The van der Waals surface area contributed by atoms with Gasteiger partial charge in [-0.05, 0) is 52.9 Å². The van der Waals surface area contributed by atoms with E-state index in [0.717, 1.165) is 5.56 Å². The molecule has 0 saturated heterocycles. The van der Waals surface area contributed by atoms with Crippen molar-refractivity contribution in [2.45, 2.75) is 31.9 Å². The molecule has 10 heteroatoms. The predicted octanol–water partition coefficient (Wildman–Crippen LogP) is 8.19. The zero-order valence-electron chi connectivity index (χ0n) is 24.2. The van der Waals surface area contributed by atoms with Crippen LogP contribution in [-0.2, 0) is 5.41 Å². The number of pyridine rings is 1. The van der Waals surface area contributed by atoms with Gasteiger partial charge in [-0.3, -0.25) is 9.59 Å². The number of nitrogens with zero attached hydrogens (tertiary/aromatic N) is 1. The highest BCUT2D eigenvalue weighted by molar-refractivity contribution is 6.11. The molecule has 5 rings (SSSR count). The third-order valence-electron chi connectivity index (χ3n) is 7.35. The molecule has 5 aromatic rings. The Labute approximate surface area is 251 Å². The molecule has 0 aliphatic rings. The number of carbonyl (C=O) groups is 2. The van der Waals surface area contributed by atoms with Gasteiger partial charge in [0.2, 0.25) is 5.71 Å². The fourth-order valence-corrected chi connectivity index (χ4v) is 5.07. The van der Waals surface area contributed by atoms with E-state index >= 15 is 0 Å². The van der Waals surface area contributed by atoms with Crippen molar-refractivity contribution >= 4 is 28.6 Å². The summed E-state index contributed by atoms with van der Waals surface area (Å²) in [5.41, 5.74) is 1.92. The molecule has 0 saturated carbocycles. The van der Waals surface area contributed by atoms with E-state index < -0.39 is 29.9 Å². The molecule has 2 heterocycles. The van der Waals surface area contributed by atoms with Gasteiger partial charge >= 0.3 is 6.18 Å². The minimum Gasteiger partial charge on any atom is -0.437 e. The first-order valence-corrected chi connectivity index (χ1v) is 13.8. The van der Waals surface area contributed by atoms with Gasteiger partial charge in [0.05, 0.1) is 10.9 Å². The van der Waals surface area contributed by atoms with Crippen LogP contribution in [0.4, 0.5) is 23.4 Å². The van der Waals surface area contributed by atoms with E-state index in [2.05, 4.69) is 15.6 Å². The van der Waals surface area contributed by atoms with Crippen molar-refractivity contribution < 1.29 is 31.6 Å².